The lowest BCUT2D eigenvalue weighted by Gasteiger charge is -2.26. The third-order valence-electron chi connectivity index (χ3n) is 2.81. The van der Waals surface area contributed by atoms with Crippen LogP contribution in [0.15, 0.2) is 5.38 Å². The number of hydrogen-bond donors (Lipinski definition) is 0. The summed E-state index contributed by atoms with van der Waals surface area (Å²) >= 11 is 1.73. The van der Waals surface area contributed by atoms with E-state index in [9.17, 15) is 0 Å². The summed E-state index contributed by atoms with van der Waals surface area (Å²) in [5.41, 5.74) is 1.12. The molecule has 4 heteroatoms. The molecule has 0 aliphatic carbocycles. The standard InChI is InChI=1S/C11H18N2OS/c1-9-8-15-11(12-9)13(2)7-10-3-5-14-6-4-10/h8,10H,3-7H2,1-2H3. The molecule has 15 heavy (non-hydrogen) atoms. The van der Waals surface area contributed by atoms with Gasteiger partial charge in [0.2, 0.25) is 0 Å². The first-order chi connectivity index (χ1) is 7.25. The molecule has 0 atom stereocenters. The molecule has 3 nitrogen and oxygen atoms in total. The second kappa shape index (κ2) is 4.94. The molecule has 0 bridgehead atoms. The monoisotopic (exact) mass is 226 g/mol. The average molecular weight is 226 g/mol. The maximum atomic E-state index is 5.36. The molecule has 0 unspecified atom stereocenters. The summed E-state index contributed by atoms with van der Waals surface area (Å²) in [6.07, 6.45) is 2.38. The van der Waals surface area contributed by atoms with Crippen molar-refractivity contribution >= 4 is 16.5 Å². The van der Waals surface area contributed by atoms with Crippen LogP contribution in [0.25, 0.3) is 0 Å². The summed E-state index contributed by atoms with van der Waals surface area (Å²) in [6, 6.07) is 0. The van der Waals surface area contributed by atoms with Gasteiger partial charge in [0, 0.05) is 32.2 Å². The Balaban J connectivity index is 1.88. The van der Waals surface area contributed by atoms with Crippen LogP contribution in [0, 0.1) is 12.8 Å². The Bertz CT molecular complexity index is 307. The third kappa shape index (κ3) is 2.92. The van der Waals surface area contributed by atoms with Crippen molar-refractivity contribution in [1.82, 2.24) is 4.98 Å². The molecule has 1 aliphatic heterocycles. The zero-order valence-electron chi connectivity index (χ0n) is 9.40. The van der Waals surface area contributed by atoms with E-state index in [1.807, 2.05) is 6.92 Å². The largest absolute Gasteiger partial charge is 0.381 e. The Morgan fingerprint density at radius 2 is 2.27 bits per heavy atom. The van der Waals surface area contributed by atoms with Gasteiger partial charge in [0.25, 0.3) is 0 Å². The summed E-state index contributed by atoms with van der Waals surface area (Å²) in [5, 5.41) is 3.24. The van der Waals surface area contributed by atoms with E-state index in [-0.39, 0.29) is 0 Å². The van der Waals surface area contributed by atoms with E-state index in [4.69, 9.17) is 4.74 Å². The molecule has 0 radical (unpaired) electrons. The fourth-order valence-corrected chi connectivity index (χ4v) is 2.69. The van der Waals surface area contributed by atoms with Gasteiger partial charge < -0.3 is 9.64 Å². The van der Waals surface area contributed by atoms with E-state index in [0.717, 1.165) is 36.5 Å². The van der Waals surface area contributed by atoms with E-state index in [1.54, 1.807) is 11.3 Å². The number of thiazole rings is 1. The molecule has 84 valence electrons. The SMILES string of the molecule is Cc1csc(N(C)CC2CCOCC2)n1. The van der Waals surface area contributed by atoms with Crippen molar-refractivity contribution in [2.24, 2.45) is 5.92 Å². The molecule has 0 N–H and O–H groups in total. The van der Waals surface area contributed by atoms with Crippen molar-refractivity contribution in [2.45, 2.75) is 19.8 Å². The van der Waals surface area contributed by atoms with Crippen LogP contribution in [0.5, 0.6) is 0 Å². The molecule has 2 rings (SSSR count). The van der Waals surface area contributed by atoms with E-state index in [2.05, 4.69) is 22.3 Å². The molecule has 0 aromatic carbocycles. The molecule has 2 heterocycles. The van der Waals surface area contributed by atoms with Gasteiger partial charge >= 0.3 is 0 Å². The lowest BCUT2D eigenvalue weighted by molar-refractivity contribution is 0.0685. The smallest absolute Gasteiger partial charge is 0.185 e. The minimum absolute atomic E-state index is 0.771. The molecule has 1 aliphatic rings. The van der Waals surface area contributed by atoms with Gasteiger partial charge in [-0.3, -0.25) is 0 Å². The number of hydrogen-bond acceptors (Lipinski definition) is 4. The van der Waals surface area contributed by atoms with Crippen molar-refractivity contribution in [2.75, 3.05) is 31.7 Å². The molecule has 0 saturated carbocycles. The van der Waals surface area contributed by atoms with Crippen LogP contribution in [0.3, 0.4) is 0 Å². The zero-order chi connectivity index (χ0) is 10.7. The summed E-state index contributed by atoms with van der Waals surface area (Å²) in [7, 11) is 2.13. The lowest BCUT2D eigenvalue weighted by Crippen LogP contribution is -2.29. The summed E-state index contributed by atoms with van der Waals surface area (Å²) in [5.74, 6) is 0.771. The van der Waals surface area contributed by atoms with Gasteiger partial charge in [0.05, 0.1) is 5.69 Å². The molecule has 1 aromatic heterocycles. The topological polar surface area (TPSA) is 25.4 Å². The fourth-order valence-electron chi connectivity index (χ4n) is 1.91. The number of ether oxygens (including phenoxy) is 1. The van der Waals surface area contributed by atoms with Gasteiger partial charge in [-0.1, -0.05) is 0 Å². The van der Waals surface area contributed by atoms with Crippen LogP contribution in [-0.4, -0.2) is 31.8 Å². The van der Waals surface area contributed by atoms with Gasteiger partial charge in [0.1, 0.15) is 0 Å². The zero-order valence-corrected chi connectivity index (χ0v) is 10.2. The quantitative estimate of drug-likeness (QED) is 0.791. The summed E-state index contributed by atoms with van der Waals surface area (Å²) < 4.78 is 5.36. The number of aryl methyl sites for hydroxylation is 1. The van der Waals surface area contributed by atoms with Crippen molar-refractivity contribution in [1.29, 1.82) is 0 Å². The van der Waals surface area contributed by atoms with Gasteiger partial charge in [-0.05, 0) is 25.7 Å². The lowest BCUT2D eigenvalue weighted by atomic mass is 10.0. The first-order valence-electron chi connectivity index (χ1n) is 5.46. The van der Waals surface area contributed by atoms with E-state index in [0.29, 0.717) is 0 Å². The fraction of sp³-hybridized carbons (Fsp3) is 0.727. The minimum atomic E-state index is 0.771. The van der Waals surface area contributed by atoms with Crippen LogP contribution in [-0.2, 0) is 4.74 Å². The van der Waals surface area contributed by atoms with Crippen molar-refractivity contribution in [3.63, 3.8) is 0 Å². The Morgan fingerprint density at radius 3 is 2.87 bits per heavy atom. The van der Waals surface area contributed by atoms with Gasteiger partial charge in [0.15, 0.2) is 5.13 Å². The highest BCUT2D eigenvalue weighted by Crippen LogP contribution is 2.22. The van der Waals surface area contributed by atoms with E-state index in [1.165, 1.54) is 12.8 Å². The Labute approximate surface area is 95.1 Å². The highest BCUT2D eigenvalue weighted by Gasteiger charge is 2.16. The number of anilines is 1. The van der Waals surface area contributed by atoms with Crippen molar-refractivity contribution in [3.05, 3.63) is 11.1 Å². The second-order valence-corrected chi connectivity index (χ2v) is 5.04. The predicted molar refractivity (Wildman–Crippen MR) is 63.7 cm³/mol. The van der Waals surface area contributed by atoms with Crippen molar-refractivity contribution < 1.29 is 4.74 Å². The van der Waals surface area contributed by atoms with Crippen LogP contribution >= 0.6 is 11.3 Å². The molecule has 1 fully saturated rings. The van der Waals surface area contributed by atoms with Gasteiger partial charge in [-0.25, -0.2) is 4.98 Å². The minimum Gasteiger partial charge on any atom is -0.381 e. The van der Waals surface area contributed by atoms with Crippen molar-refractivity contribution in [3.8, 4) is 0 Å². The maximum absolute atomic E-state index is 5.36. The van der Waals surface area contributed by atoms with Crippen LogP contribution in [0.4, 0.5) is 5.13 Å². The summed E-state index contributed by atoms with van der Waals surface area (Å²) in [6.45, 7) is 5.00. The van der Waals surface area contributed by atoms with Gasteiger partial charge in [-0.15, -0.1) is 11.3 Å². The molecule has 1 saturated heterocycles. The summed E-state index contributed by atoms with van der Waals surface area (Å²) in [4.78, 5) is 6.76. The van der Waals surface area contributed by atoms with Gasteiger partial charge in [-0.2, -0.15) is 0 Å². The molecular weight excluding hydrogens is 208 g/mol. The normalized spacial score (nSPS) is 18.0. The van der Waals surface area contributed by atoms with Crippen LogP contribution in [0.2, 0.25) is 0 Å². The second-order valence-electron chi connectivity index (χ2n) is 4.21. The number of nitrogens with zero attached hydrogens (tertiary/aromatic N) is 2. The number of aromatic nitrogens is 1. The highest BCUT2D eigenvalue weighted by molar-refractivity contribution is 7.13. The van der Waals surface area contributed by atoms with E-state index < -0.39 is 0 Å². The first-order valence-corrected chi connectivity index (χ1v) is 6.34. The predicted octanol–water partition coefficient (Wildman–Crippen LogP) is 2.31. The molecule has 1 aromatic rings. The maximum Gasteiger partial charge on any atom is 0.185 e. The average Bonchev–Trinajstić information content (AvgIpc) is 2.66. The number of rotatable bonds is 3. The molecule has 0 amide bonds. The Kier molecular flexibility index (Phi) is 3.59. The van der Waals surface area contributed by atoms with Crippen LogP contribution < -0.4 is 4.90 Å². The Morgan fingerprint density at radius 1 is 1.53 bits per heavy atom. The third-order valence-corrected chi connectivity index (χ3v) is 3.88. The van der Waals surface area contributed by atoms with E-state index >= 15 is 0 Å². The Hall–Kier alpha value is -0.610. The first kappa shape index (κ1) is 10.9. The highest BCUT2D eigenvalue weighted by atomic mass is 32.1. The molecular formula is C11H18N2OS. The molecule has 0 spiro atoms. The van der Waals surface area contributed by atoms with Crippen LogP contribution in [0.1, 0.15) is 18.5 Å².